The minimum absolute atomic E-state index is 0.0692. The number of halogens is 1. The van der Waals surface area contributed by atoms with Crippen LogP contribution < -0.4 is 5.32 Å². The van der Waals surface area contributed by atoms with Gasteiger partial charge in [-0.15, -0.1) is 0 Å². The summed E-state index contributed by atoms with van der Waals surface area (Å²) in [5, 5.41) is 13.4. The van der Waals surface area contributed by atoms with E-state index in [2.05, 4.69) is 26.1 Å². The zero-order valence-corrected chi connectivity index (χ0v) is 12.8. The Balaban J connectivity index is 2.84. The second-order valence-corrected chi connectivity index (χ2v) is 6.25. The zero-order chi connectivity index (χ0) is 15.5. The Morgan fingerprint density at radius 1 is 1.45 bits per heavy atom. The van der Waals surface area contributed by atoms with Gasteiger partial charge in [0, 0.05) is 12.6 Å². The Labute approximate surface area is 123 Å². The number of nitro groups is 1. The van der Waals surface area contributed by atoms with Crippen molar-refractivity contribution in [2.45, 2.75) is 27.7 Å². The van der Waals surface area contributed by atoms with Crippen molar-refractivity contribution in [2.24, 2.45) is 11.3 Å². The van der Waals surface area contributed by atoms with E-state index >= 15 is 0 Å². The summed E-state index contributed by atoms with van der Waals surface area (Å²) in [7, 11) is 0. The molecule has 110 valence electrons. The monoisotopic (exact) mass is 298 g/mol. The topological polar surface area (TPSA) is 72.2 Å². The van der Waals surface area contributed by atoms with Gasteiger partial charge in [-0.25, -0.2) is 0 Å². The van der Waals surface area contributed by atoms with Crippen LogP contribution in [0.25, 0.3) is 0 Å². The van der Waals surface area contributed by atoms with Crippen molar-refractivity contribution in [3.05, 3.63) is 38.9 Å². The molecular formula is C14H19ClN2O3. The maximum Gasteiger partial charge on any atom is 0.288 e. The first kappa shape index (κ1) is 16.4. The molecule has 0 aliphatic carbocycles. The average molecular weight is 299 g/mol. The summed E-state index contributed by atoms with van der Waals surface area (Å²) in [6.07, 6.45) is 0. The first-order valence-corrected chi connectivity index (χ1v) is 6.73. The van der Waals surface area contributed by atoms with Crippen molar-refractivity contribution in [1.82, 2.24) is 5.32 Å². The lowest BCUT2D eigenvalue weighted by atomic mass is 9.82. The molecular weight excluding hydrogens is 280 g/mol. The fourth-order valence-electron chi connectivity index (χ4n) is 1.48. The highest BCUT2D eigenvalue weighted by Gasteiger charge is 2.23. The number of nitrogens with one attached hydrogen (secondary N) is 1. The normalized spacial score (nSPS) is 12.8. The highest BCUT2D eigenvalue weighted by atomic mass is 35.5. The number of hydrogen-bond donors (Lipinski definition) is 1. The summed E-state index contributed by atoms with van der Waals surface area (Å²) < 4.78 is 0. The quantitative estimate of drug-likeness (QED) is 0.681. The van der Waals surface area contributed by atoms with Crippen molar-refractivity contribution in [1.29, 1.82) is 0 Å². The molecule has 0 saturated carbocycles. The van der Waals surface area contributed by atoms with Crippen LogP contribution in [0, 0.1) is 21.4 Å². The summed E-state index contributed by atoms with van der Waals surface area (Å²) in [6.45, 7) is 8.79. The van der Waals surface area contributed by atoms with Crippen LogP contribution in [0.3, 0.4) is 0 Å². The highest BCUT2D eigenvalue weighted by molar-refractivity contribution is 6.35. The Morgan fingerprint density at radius 3 is 2.55 bits per heavy atom. The maximum absolute atomic E-state index is 12.1. The Hall–Kier alpha value is -1.62. The molecule has 0 aliphatic heterocycles. The van der Waals surface area contributed by atoms with E-state index in [1.165, 1.54) is 18.2 Å². The third-order valence-corrected chi connectivity index (χ3v) is 3.86. The van der Waals surface area contributed by atoms with E-state index in [4.69, 9.17) is 11.6 Å². The lowest BCUT2D eigenvalue weighted by Crippen LogP contribution is -2.33. The van der Waals surface area contributed by atoms with E-state index in [-0.39, 0.29) is 27.6 Å². The molecule has 0 aromatic heterocycles. The van der Waals surface area contributed by atoms with Crippen LogP contribution in [0.15, 0.2) is 18.2 Å². The van der Waals surface area contributed by atoms with Crippen LogP contribution in [0.5, 0.6) is 0 Å². The van der Waals surface area contributed by atoms with Gasteiger partial charge in [0.1, 0.15) is 5.02 Å². The predicted octanol–water partition coefficient (Wildman–Crippen LogP) is 3.66. The highest BCUT2D eigenvalue weighted by Crippen LogP contribution is 2.28. The van der Waals surface area contributed by atoms with Crippen molar-refractivity contribution in [3.8, 4) is 0 Å². The van der Waals surface area contributed by atoms with Crippen LogP contribution >= 0.6 is 11.6 Å². The van der Waals surface area contributed by atoms with Gasteiger partial charge in [-0.1, -0.05) is 45.4 Å². The van der Waals surface area contributed by atoms with Gasteiger partial charge in [0.25, 0.3) is 11.6 Å². The SMILES string of the molecule is CC(CNC(=O)c1cccc([N+](=O)[O-])c1Cl)C(C)(C)C. The van der Waals surface area contributed by atoms with Crippen LogP contribution in [0.1, 0.15) is 38.1 Å². The minimum atomic E-state index is -0.600. The molecule has 1 amide bonds. The molecule has 1 atom stereocenters. The van der Waals surface area contributed by atoms with Crippen molar-refractivity contribution in [2.75, 3.05) is 6.54 Å². The number of amides is 1. The van der Waals surface area contributed by atoms with Crippen LogP contribution in [-0.4, -0.2) is 17.4 Å². The van der Waals surface area contributed by atoms with Crippen LogP contribution in [0.4, 0.5) is 5.69 Å². The molecule has 0 spiro atoms. The lowest BCUT2D eigenvalue weighted by molar-refractivity contribution is -0.384. The third kappa shape index (κ3) is 3.93. The summed E-state index contributed by atoms with van der Waals surface area (Å²) in [5.41, 5.74) is -0.0649. The standard InChI is InChI=1S/C14H19ClN2O3/c1-9(14(2,3)4)8-16-13(18)10-6-5-7-11(12(10)15)17(19)20/h5-7,9H,8H2,1-4H3,(H,16,18). The maximum atomic E-state index is 12.1. The summed E-state index contributed by atoms with van der Waals surface area (Å²) >= 11 is 5.90. The summed E-state index contributed by atoms with van der Waals surface area (Å²) in [4.78, 5) is 22.2. The summed E-state index contributed by atoms with van der Waals surface area (Å²) in [6, 6.07) is 4.20. The van der Waals surface area contributed by atoms with Gasteiger partial charge in [-0.05, 0) is 17.4 Å². The molecule has 1 aromatic rings. The molecule has 0 heterocycles. The van der Waals surface area contributed by atoms with Crippen LogP contribution in [0.2, 0.25) is 5.02 Å². The van der Waals surface area contributed by atoms with Crippen molar-refractivity contribution in [3.63, 3.8) is 0 Å². The molecule has 20 heavy (non-hydrogen) atoms. The number of hydrogen-bond acceptors (Lipinski definition) is 3. The molecule has 0 radical (unpaired) electrons. The van der Waals surface area contributed by atoms with Gasteiger partial charge in [-0.3, -0.25) is 14.9 Å². The number of benzene rings is 1. The molecule has 1 N–H and O–H groups in total. The van der Waals surface area contributed by atoms with Crippen LogP contribution in [-0.2, 0) is 0 Å². The van der Waals surface area contributed by atoms with Gasteiger partial charge in [0.2, 0.25) is 0 Å². The number of carbonyl (C=O) groups is 1. The van der Waals surface area contributed by atoms with Crippen molar-refractivity contribution >= 4 is 23.2 Å². The fourth-order valence-corrected chi connectivity index (χ4v) is 1.76. The van der Waals surface area contributed by atoms with Gasteiger partial charge >= 0.3 is 0 Å². The third-order valence-electron chi connectivity index (χ3n) is 3.47. The van der Waals surface area contributed by atoms with E-state index in [0.29, 0.717) is 6.54 Å². The number of nitrogens with zero attached hydrogens (tertiary/aromatic N) is 1. The Kier molecular flexibility index (Phi) is 5.11. The number of carbonyl (C=O) groups excluding carboxylic acids is 1. The molecule has 1 rings (SSSR count). The molecule has 0 aliphatic rings. The van der Waals surface area contributed by atoms with Gasteiger partial charge in [0.05, 0.1) is 10.5 Å². The second-order valence-electron chi connectivity index (χ2n) is 5.87. The fraction of sp³-hybridized carbons (Fsp3) is 0.500. The first-order valence-electron chi connectivity index (χ1n) is 6.35. The predicted molar refractivity (Wildman–Crippen MR) is 79.1 cm³/mol. The lowest BCUT2D eigenvalue weighted by Gasteiger charge is -2.27. The molecule has 0 bridgehead atoms. The zero-order valence-electron chi connectivity index (χ0n) is 12.1. The molecule has 1 aromatic carbocycles. The minimum Gasteiger partial charge on any atom is -0.352 e. The molecule has 0 fully saturated rings. The average Bonchev–Trinajstić information content (AvgIpc) is 2.34. The van der Waals surface area contributed by atoms with Gasteiger partial charge in [-0.2, -0.15) is 0 Å². The van der Waals surface area contributed by atoms with E-state index in [1.54, 1.807) is 0 Å². The molecule has 1 unspecified atom stereocenters. The van der Waals surface area contributed by atoms with Gasteiger partial charge in [0.15, 0.2) is 0 Å². The Bertz CT molecular complexity index is 524. The molecule has 5 nitrogen and oxygen atoms in total. The van der Waals surface area contributed by atoms with E-state index in [1.807, 2.05) is 6.92 Å². The molecule has 0 saturated heterocycles. The van der Waals surface area contributed by atoms with Crippen molar-refractivity contribution < 1.29 is 9.72 Å². The second kappa shape index (κ2) is 6.22. The van der Waals surface area contributed by atoms with Gasteiger partial charge < -0.3 is 5.32 Å². The Morgan fingerprint density at radius 2 is 2.05 bits per heavy atom. The van der Waals surface area contributed by atoms with E-state index in [9.17, 15) is 14.9 Å². The van der Waals surface area contributed by atoms with E-state index < -0.39 is 10.8 Å². The summed E-state index contributed by atoms with van der Waals surface area (Å²) in [5.74, 6) is -0.126. The first-order chi connectivity index (χ1) is 9.14. The molecule has 6 heteroatoms. The number of nitro benzene ring substituents is 1. The smallest absolute Gasteiger partial charge is 0.288 e. The van der Waals surface area contributed by atoms with E-state index in [0.717, 1.165) is 0 Å². The number of rotatable bonds is 4. The largest absolute Gasteiger partial charge is 0.352 e.